The number of nitrogens with one attached hydrogen (secondary N) is 1. The molecule has 2 aromatic carbocycles. The Labute approximate surface area is 168 Å². The zero-order valence-electron chi connectivity index (χ0n) is 15.9. The highest BCUT2D eigenvalue weighted by atomic mass is 35.5. The number of amides is 2. The third kappa shape index (κ3) is 4.17. The Morgan fingerprint density at radius 2 is 1.93 bits per heavy atom. The first-order valence-electron chi connectivity index (χ1n) is 8.93. The molecule has 28 heavy (non-hydrogen) atoms. The molecule has 0 saturated heterocycles. The summed E-state index contributed by atoms with van der Waals surface area (Å²) in [6.45, 7) is 3.53. The summed E-state index contributed by atoms with van der Waals surface area (Å²) < 4.78 is 5.56. The van der Waals surface area contributed by atoms with Crippen molar-refractivity contribution in [3.63, 3.8) is 0 Å². The van der Waals surface area contributed by atoms with Crippen molar-refractivity contribution in [2.24, 2.45) is 0 Å². The zero-order valence-corrected chi connectivity index (χ0v) is 16.7. The summed E-state index contributed by atoms with van der Waals surface area (Å²) in [5, 5.41) is 3.39. The van der Waals surface area contributed by atoms with Crippen LogP contribution in [0.5, 0.6) is 5.75 Å². The summed E-state index contributed by atoms with van der Waals surface area (Å²) in [4.78, 5) is 38.2. The molecule has 1 aliphatic rings. The fourth-order valence-electron chi connectivity index (χ4n) is 3.04. The van der Waals surface area contributed by atoms with Crippen molar-refractivity contribution in [2.45, 2.75) is 32.8 Å². The van der Waals surface area contributed by atoms with Gasteiger partial charge in [-0.25, -0.2) is 0 Å². The lowest BCUT2D eigenvalue weighted by molar-refractivity contribution is -0.125. The zero-order chi connectivity index (χ0) is 20.4. The maximum Gasteiger partial charge on any atom is 0.267 e. The Bertz CT molecular complexity index is 957. The van der Waals surface area contributed by atoms with E-state index in [1.54, 1.807) is 50.4 Å². The molecule has 0 bridgehead atoms. The molecule has 2 amide bonds. The summed E-state index contributed by atoms with van der Waals surface area (Å²) in [6, 6.07) is 10.1. The quantitative estimate of drug-likeness (QED) is 0.770. The number of Topliss-reactive ketones (excluding diaryl/α,β-unsaturated/α-hetero) is 1. The van der Waals surface area contributed by atoms with Crippen LogP contribution >= 0.6 is 11.6 Å². The summed E-state index contributed by atoms with van der Waals surface area (Å²) in [5.41, 5.74) is 2.51. The fourth-order valence-corrected chi connectivity index (χ4v) is 3.26. The van der Waals surface area contributed by atoms with E-state index in [4.69, 9.17) is 16.3 Å². The van der Waals surface area contributed by atoms with Gasteiger partial charge in [0.2, 0.25) is 5.91 Å². The van der Waals surface area contributed by atoms with Crippen molar-refractivity contribution in [2.75, 3.05) is 17.3 Å². The molecular formula is C21H21ClN2O4. The van der Waals surface area contributed by atoms with Gasteiger partial charge in [-0.05, 0) is 55.8 Å². The molecule has 0 aromatic heterocycles. The van der Waals surface area contributed by atoms with Gasteiger partial charge in [0, 0.05) is 36.2 Å². The number of carbonyl (C=O) groups excluding carboxylic acids is 3. The molecule has 6 nitrogen and oxygen atoms in total. The van der Waals surface area contributed by atoms with E-state index in [2.05, 4.69) is 5.32 Å². The van der Waals surface area contributed by atoms with Gasteiger partial charge in [0.05, 0.1) is 5.69 Å². The molecule has 7 heteroatoms. The number of fused-ring (bicyclic) bond motifs is 1. The second-order valence-electron chi connectivity index (χ2n) is 6.77. The van der Waals surface area contributed by atoms with Gasteiger partial charge < -0.3 is 15.0 Å². The van der Waals surface area contributed by atoms with Gasteiger partial charge >= 0.3 is 0 Å². The molecule has 1 aliphatic heterocycles. The molecule has 0 aliphatic carbocycles. The van der Waals surface area contributed by atoms with Gasteiger partial charge in [-0.15, -0.1) is 0 Å². The standard InChI is InChI=1S/C21H21ClN2O4/c1-12-10-15(22)5-6-16(12)23-20(26)9-7-18(25)14-4-8-19-17(11-14)24(3)21(27)13(2)28-19/h4-6,8,10-11,13H,7,9H2,1-3H3,(H,23,26). The molecule has 1 unspecified atom stereocenters. The largest absolute Gasteiger partial charge is 0.479 e. The molecule has 0 spiro atoms. The third-order valence-corrected chi connectivity index (χ3v) is 4.90. The van der Waals surface area contributed by atoms with Crippen LogP contribution in [0.4, 0.5) is 11.4 Å². The Morgan fingerprint density at radius 3 is 2.64 bits per heavy atom. The van der Waals surface area contributed by atoms with Crippen LogP contribution in [0.2, 0.25) is 5.02 Å². The first-order chi connectivity index (χ1) is 13.3. The lowest BCUT2D eigenvalue weighted by Crippen LogP contribution is -2.42. The van der Waals surface area contributed by atoms with Crippen LogP contribution < -0.4 is 15.0 Å². The van der Waals surface area contributed by atoms with E-state index >= 15 is 0 Å². The Hall–Kier alpha value is -2.86. The summed E-state index contributed by atoms with van der Waals surface area (Å²) in [6.07, 6.45) is -0.439. The maximum absolute atomic E-state index is 12.5. The lowest BCUT2D eigenvalue weighted by atomic mass is 10.0. The van der Waals surface area contributed by atoms with Crippen molar-refractivity contribution in [3.8, 4) is 5.75 Å². The normalized spacial score (nSPS) is 15.6. The summed E-state index contributed by atoms with van der Waals surface area (Å²) >= 11 is 5.91. The molecule has 146 valence electrons. The van der Waals surface area contributed by atoms with Crippen molar-refractivity contribution in [1.82, 2.24) is 0 Å². The molecule has 3 rings (SSSR count). The number of benzene rings is 2. The van der Waals surface area contributed by atoms with E-state index in [9.17, 15) is 14.4 Å². The summed E-state index contributed by atoms with van der Waals surface area (Å²) in [5.74, 6) is -0.0386. The lowest BCUT2D eigenvalue weighted by Gasteiger charge is -2.30. The highest BCUT2D eigenvalue weighted by Crippen LogP contribution is 2.34. The Morgan fingerprint density at radius 1 is 1.18 bits per heavy atom. The van der Waals surface area contributed by atoms with Gasteiger partial charge in [0.15, 0.2) is 11.9 Å². The molecule has 1 heterocycles. The second kappa shape index (κ2) is 8.02. The van der Waals surface area contributed by atoms with Gasteiger partial charge in [-0.3, -0.25) is 14.4 Å². The van der Waals surface area contributed by atoms with Gasteiger partial charge in [-0.2, -0.15) is 0 Å². The first kappa shape index (κ1) is 19.9. The predicted octanol–water partition coefficient (Wildman–Crippen LogP) is 3.99. The average Bonchev–Trinajstić information content (AvgIpc) is 2.66. The third-order valence-electron chi connectivity index (χ3n) is 4.67. The number of anilines is 2. The number of halogens is 1. The van der Waals surface area contributed by atoms with Crippen molar-refractivity contribution in [1.29, 1.82) is 0 Å². The van der Waals surface area contributed by atoms with Crippen LogP contribution in [0.3, 0.4) is 0 Å². The van der Waals surface area contributed by atoms with E-state index in [0.717, 1.165) is 5.56 Å². The Kier molecular flexibility index (Phi) is 5.70. The van der Waals surface area contributed by atoms with E-state index < -0.39 is 6.10 Å². The highest BCUT2D eigenvalue weighted by Gasteiger charge is 2.29. The van der Waals surface area contributed by atoms with Gasteiger partial charge in [-0.1, -0.05) is 11.6 Å². The number of nitrogens with zero attached hydrogens (tertiary/aromatic N) is 1. The molecule has 1 N–H and O–H groups in total. The number of carbonyl (C=O) groups is 3. The van der Waals surface area contributed by atoms with Crippen LogP contribution in [0.15, 0.2) is 36.4 Å². The fraction of sp³-hybridized carbons (Fsp3) is 0.286. The maximum atomic E-state index is 12.5. The minimum Gasteiger partial charge on any atom is -0.479 e. The number of hydrogen-bond acceptors (Lipinski definition) is 4. The molecule has 0 saturated carbocycles. The van der Waals surface area contributed by atoms with E-state index in [-0.39, 0.29) is 30.4 Å². The Balaban J connectivity index is 1.64. The van der Waals surface area contributed by atoms with Crippen LogP contribution in [0.25, 0.3) is 0 Å². The second-order valence-corrected chi connectivity index (χ2v) is 7.21. The predicted molar refractivity (Wildman–Crippen MR) is 108 cm³/mol. The smallest absolute Gasteiger partial charge is 0.267 e. The molecule has 0 fully saturated rings. The van der Waals surface area contributed by atoms with E-state index in [0.29, 0.717) is 27.7 Å². The number of likely N-dealkylation sites (N-methyl/N-ethyl adjacent to an activating group) is 1. The molecule has 0 radical (unpaired) electrons. The number of ketones is 1. The van der Waals surface area contributed by atoms with Gasteiger partial charge in [0.25, 0.3) is 5.91 Å². The van der Waals surface area contributed by atoms with Crippen LogP contribution in [0.1, 0.15) is 35.7 Å². The minimum atomic E-state index is -0.556. The monoisotopic (exact) mass is 400 g/mol. The number of aryl methyl sites for hydroxylation is 1. The minimum absolute atomic E-state index is 0.0558. The first-order valence-corrected chi connectivity index (χ1v) is 9.31. The van der Waals surface area contributed by atoms with Crippen LogP contribution in [-0.2, 0) is 9.59 Å². The van der Waals surface area contributed by atoms with Crippen LogP contribution in [0, 0.1) is 6.92 Å². The van der Waals surface area contributed by atoms with E-state index in [1.807, 2.05) is 6.92 Å². The topological polar surface area (TPSA) is 75.7 Å². The average molecular weight is 401 g/mol. The van der Waals surface area contributed by atoms with Crippen LogP contribution in [-0.4, -0.2) is 30.7 Å². The number of ether oxygens (including phenoxy) is 1. The SMILES string of the molecule is Cc1cc(Cl)ccc1NC(=O)CCC(=O)c1ccc2c(c1)N(C)C(=O)C(C)O2. The van der Waals surface area contributed by atoms with Gasteiger partial charge in [0.1, 0.15) is 5.75 Å². The number of hydrogen-bond donors (Lipinski definition) is 1. The highest BCUT2D eigenvalue weighted by molar-refractivity contribution is 6.30. The van der Waals surface area contributed by atoms with Crippen molar-refractivity contribution < 1.29 is 19.1 Å². The number of rotatable bonds is 5. The molecule has 1 atom stereocenters. The van der Waals surface area contributed by atoms with Crippen molar-refractivity contribution in [3.05, 3.63) is 52.5 Å². The van der Waals surface area contributed by atoms with E-state index in [1.165, 1.54) is 4.90 Å². The molecular weight excluding hydrogens is 380 g/mol. The van der Waals surface area contributed by atoms with Crippen molar-refractivity contribution >= 4 is 40.6 Å². The summed E-state index contributed by atoms with van der Waals surface area (Å²) in [7, 11) is 1.65. The molecule has 2 aromatic rings.